The van der Waals surface area contributed by atoms with E-state index in [9.17, 15) is 9.18 Å². The molecule has 3 rings (SSSR count). The number of anilines is 3. The predicted octanol–water partition coefficient (Wildman–Crippen LogP) is 3.85. The number of amides is 1. The number of hydrogen-bond acceptors (Lipinski definition) is 4. The van der Waals surface area contributed by atoms with Gasteiger partial charge in [-0.25, -0.2) is 9.18 Å². The van der Waals surface area contributed by atoms with Crippen molar-refractivity contribution in [2.45, 2.75) is 26.8 Å². The van der Waals surface area contributed by atoms with Crippen molar-refractivity contribution in [3.63, 3.8) is 0 Å². The Morgan fingerprint density at radius 1 is 1.32 bits per heavy atom. The fraction of sp³-hybridized carbons (Fsp3) is 0.316. The van der Waals surface area contributed by atoms with Crippen LogP contribution in [-0.2, 0) is 17.7 Å². The van der Waals surface area contributed by atoms with Gasteiger partial charge in [0.25, 0.3) is 0 Å². The van der Waals surface area contributed by atoms with E-state index in [4.69, 9.17) is 10.5 Å². The molecule has 0 atom stereocenters. The summed E-state index contributed by atoms with van der Waals surface area (Å²) < 4.78 is 19.6. The van der Waals surface area contributed by atoms with Gasteiger partial charge in [-0.05, 0) is 43.5 Å². The number of benzene rings is 2. The number of carbonyl (C=O) groups is 1. The Hall–Kier alpha value is -2.76. The number of nitrogens with one attached hydrogen (secondary N) is 1. The molecule has 25 heavy (non-hydrogen) atoms. The average molecular weight is 343 g/mol. The lowest BCUT2D eigenvalue weighted by molar-refractivity contribution is 0.168. The lowest BCUT2D eigenvalue weighted by atomic mass is 9.97. The number of rotatable bonds is 3. The summed E-state index contributed by atoms with van der Waals surface area (Å²) >= 11 is 0. The molecule has 1 aliphatic heterocycles. The van der Waals surface area contributed by atoms with Crippen molar-refractivity contribution in [2.24, 2.45) is 0 Å². The van der Waals surface area contributed by atoms with Crippen LogP contribution in [0.4, 0.5) is 26.2 Å². The predicted molar refractivity (Wildman–Crippen MR) is 97.4 cm³/mol. The number of ether oxygens (including phenoxy) is 1. The SMILES string of the molecule is CCOC(=O)Nc1ccc(N2CCc3cc(C)ccc3C2)c(F)c1N. The Labute approximate surface area is 146 Å². The molecule has 1 amide bonds. The fourth-order valence-corrected chi connectivity index (χ4v) is 3.10. The first-order valence-corrected chi connectivity index (χ1v) is 8.34. The van der Waals surface area contributed by atoms with E-state index in [1.807, 2.05) is 4.90 Å². The Balaban J connectivity index is 1.83. The molecule has 132 valence electrons. The van der Waals surface area contributed by atoms with Crippen molar-refractivity contribution in [3.8, 4) is 0 Å². The Morgan fingerprint density at radius 2 is 2.12 bits per heavy atom. The highest BCUT2D eigenvalue weighted by Gasteiger charge is 2.21. The minimum absolute atomic E-state index is 0.0831. The van der Waals surface area contributed by atoms with Gasteiger partial charge in [-0.3, -0.25) is 5.32 Å². The molecule has 0 aromatic heterocycles. The van der Waals surface area contributed by atoms with Gasteiger partial charge in [-0.15, -0.1) is 0 Å². The van der Waals surface area contributed by atoms with Crippen LogP contribution in [0.15, 0.2) is 30.3 Å². The van der Waals surface area contributed by atoms with E-state index in [1.54, 1.807) is 19.1 Å². The van der Waals surface area contributed by atoms with E-state index in [0.29, 0.717) is 12.2 Å². The van der Waals surface area contributed by atoms with Crippen LogP contribution in [0, 0.1) is 12.7 Å². The number of nitrogens with two attached hydrogens (primary N) is 1. The second-order valence-electron chi connectivity index (χ2n) is 6.15. The maximum Gasteiger partial charge on any atom is 0.411 e. The van der Waals surface area contributed by atoms with E-state index in [2.05, 4.69) is 30.4 Å². The topological polar surface area (TPSA) is 67.6 Å². The molecule has 2 aromatic carbocycles. The molecule has 0 spiro atoms. The smallest absolute Gasteiger partial charge is 0.411 e. The van der Waals surface area contributed by atoms with Gasteiger partial charge in [0.2, 0.25) is 0 Å². The number of nitrogens with zero attached hydrogens (tertiary/aromatic N) is 1. The van der Waals surface area contributed by atoms with Gasteiger partial charge < -0.3 is 15.4 Å². The summed E-state index contributed by atoms with van der Waals surface area (Å²) in [7, 11) is 0. The standard InChI is InChI=1S/C19H22FN3O2/c1-3-25-19(24)22-15-6-7-16(17(20)18(15)21)23-9-8-13-10-12(2)4-5-14(13)11-23/h4-7,10H,3,8-9,11,21H2,1-2H3,(H,22,24). The molecule has 0 saturated heterocycles. The normalized spacial score (nSPS) is 13.3. The molecule has 0 saturated carbocycles. The van der Waals surface area contributed by atoms with Gasteiger partial charge in [0, 0.05) is 13.1 Å². The molecule has 1 heterocycles. The molecule has 2 aromatic rings. The fourth-order valence-electron chi connectivity index (χ4n) is 3.10. The highest BCUT2D eigenvalue weighted by Crippen LogP contribution is 2.33. The Morgan fingerprint density at radius 3 is 2.88 bits per heavy atom. The summed E-state index contributed by atoms with van der Waals surface area (Å²) in [6.07, 6.45) is 0.211. The van der Waals surface area contributed by atoms with Crippen LogP contribution >= 0.6 is 0 Å². The summed E-state index contributed by atoms with van der Waals surface area (Å²) in [6, 6.07) is 9.60. The molecule has 0 fully saturated rings. The quantitative estimate of drug-likeness (QED) is 0.831. The van der Waals surface area contributed by atoms with Crippen molar-refractivity contribution < 1.29 is 13.9 Å². The van der Waals surface area contributed by atoms with Gasteiger partial charge in [0.05, 0.1) is 23.7 Å². The third kappa shape index (κ3) is 3.52. The Bertz CT molecular complexity index is 807. The van der Waals surface area contributed by atoms with Crippen LogP contribution in [0.3, 0.4) is 0 Å². The third-order valence-electron chi connectivity index (χ3n) is 4.39. The zero-order valence-electron chi connectivity index (χ0n) is 14.4. The minimum atomic E-state index is -0.649. The summed E-state index contributed by atoms with van der Waals surface area (Å²) in [5.41, 5.74) is 10.2. The van der Waals surface area contributed by atoms with E-state index >= 15 is 0 Å². The first-order chi connectivity index (χ1) is 12.0. The molecular formula is C19H22FN3O2. The zero-order valence-corrected chi connectivity index (χ0v) is 14.4. The molecule has 0 unspecified atom stereocenters. The molecule has 1 aliphatic rings. The van der Waals surface area contributed by atoms with Crippen molar-refractivity contribution in [1.82, 2.24) is 0 Å². The molecule has 0 radical (unpaired) electrons. The van der Waals surface area contributed by atoms with Crippen molar-refractivity contribution in [1.29, 1.82) is 0 Å². The Kier molecular flexibility index (Phi) is 4.79. The van der Waals surface area contributed by atoms with Crippen molar-refractivity contribution in [2.75, 3.05) is 29.1 Å². The van der Waals surface area contributed by atoms with Gasteiger partial charge in [-0.1, -0.05) is 23.8 Å². The zero-order chi connectivity index (χ0) is 18.0. The van der Waals surface area contributed by atoms with Gasteiger partial charge in [0.1, 0.15) is 0 Å². The summed E-state index contributed by atoms with van der Waals surface area (Å²) in [6.45, 7) is 5.36. The molecule has 6 heteroatoms. The summed E-state index contributed by atoms with van der Waals surface area (Å²) in [4.78, 5) is 13.5. The third-order valence-corrected chi connectivity index (χ3v) is 4.39. The first-order valence-electron chi connectivity index (χ1n) is 8.34. The molecule has 0 bridgehead atoms. The van der Waals surface area contributed by atoms with Crippen molar-refractivity contribution in [3.05, 3.63) is 52.8 Å². The molecule has 3 N–H and O–H groups in total. The van der Waals surface area contributed by atoms with Crippen LogP contribution in [0.25, 0.3) is 0 Å². The highest BCUT2D eigenvalue weighted by molar-refractivity contribution is 5.90. The lowest BCUT2D eigenvalue weighted by Crippen LogP contribution is -2.31. The van der Waals surface area contributed by atoms with E-state index in [1.165, 1.54) is 16.7 Å². The molecular weight excluding hydrogens is 321 g/mol. The van der Waals surface area contributed by atoms with Gasteiger partial charge in [-0.2, -0.15) is 0 Å². The van der Waals surface area contributed by atoms with E-state index in [0.717, 1.165) is 13.0 Å². The second kappa shape index (κ2) is 7.01. The number of hydrogen-bond donors (Lipinski definition) is 2. The van der Waals surface area contributed by atoms with Crippen LogP contribution in [0.5, 0.6) is 0 Å². The largest absolute Gasteiger partial charge is 0.450 e. The van der Waals surface area contributed by atoms with Crippen LogP contribution < -0.4 is 16.0 Å². The van der Waals surface area contributed by atoms with E-state index < -0.39 is 11.9 Å². The van der Waals surface area contributed by atoms with Crippen LogP contribution in [0.2, 0.25) is 0 Å². The number of carbonyl (C=O) groups excluding carboxylic acids is 1. The number of halogens is 1. The first kappa shape index (κ1) is 17.1. The summed E-state index contributed by atoms with van der Waals surface area (Å²) in [5, 5.41) is 2.46. The maximum atomic E-state index is 14.8. The van der Waals surface area contributed by atoms with Crippen LogP contribution in [0.1, 0.15) is 23.6 Å². The van der Waals surface area contributed by atoms with E-state index in [-0.39, 0.29) is 18.0 Å². The molecule has 0 aliphatic carbocycles. The molecule has 5 nitrogen and oxygen atoms in total. The minimum Gasteiger partial charge on any atom is -0.450 e. The lowest BCUT2D eigenvalue weighted by Gasteiger charge is -2.31. The monoisotopic (exact) mass is 343 g/mol. The highest BCUT2D eigenvalue weighted by atomic mass is 19.1. The maximum absolute atomic E-state index is 14.8. The number of aryl methyl sites for hydroxylation is 1. The average Bonchev–Trinajstić information content (AvgIpc) is 2.59. The second-order valence-corrected chi connectivity index (χ2v) is 6.15. The van der Waals surface area contributed by atoms with Gasteiger partial charge in [0.15, 0.2) is 5.82 Å². The summed E-state index contributed by atoms with van der Waals surface area (Å²) in [5.74, 6) is -0.523. The number of nitrogen functional groups attached to an aromatic ring is 1. The number of fused-ring (bicyclic) bond motifs is 1. The van der Waals surface area contributed by atoms with Crippen LogP contribution in [-0.4, -0.2) is 19.2 Å². The van der Waals surface area contributed by atoms with Gasteiger partial charge >= 0.3 is 6.09 Å². The van der Waals surface area contributed by atoms with Crippen molar-refractivity contribution >= 4 is 23.2 Å².